The van der Waals surface area contributed by atoms with Gasteiger partial charge in [-0.05, 0) is 43.0 Å². The second-order valence-corrected chi connectivity index (χ2v) is 5.23. The van der Waals surface area contributed by atoms with Gasteiger partial charge in [-0.25, -0.2) is 0 Å². The van der Waals surface area contributed by atoms with Crippen molar-refractivity contribution in [2.45, 2.75) is 33.2 Å². The Hall–Kier alpha value is -2.36. The Labute approximate surface area is 125 Å². The van der Waals surface area contributed by atoms with Crippen LogP contribution in [0.3, 0.4) is 0 Å². The molecule has 4 heteroatoms. The molecule has 2 aromatic carbocycles. The summed E-state index contributed by atoms with van der Waals surface area (Å²) in [6, 6.07) is 13.6. The summed E-state index contributed by atoms with van der Waals surface area (Å²) in [6.45, 7) is 5.92. The summed E-state index contributed by atoms with van der Waals surface area (Å²) >= 11 is 0. The van der Waals surface area contributed by atoms with Gasteiger partial charge in [0.15, 0.2) is 0 Å². The second kappa shape index (κ2) is 6.39. The number of hydrogen-bond donors (Lipinski definition) is 1. The SMILES string of the molecule is CCC(Nc1cc(C)c(C)cc1[N+](=O)[O-])c1ccccc1. The van der Waals surface area contributed by atoms with Gasteiger partial charge in [0.05, 0.1) is 11.0 Å². The Balaban J connectivity index is 2.37. The van der Waals surface area contributed by atoms with E-state index in [1.54, 1.807) is 6.07 Å². The molecule has 110 valence electrons. The van der Waals surface area contributed by atoms with Crippen LogP contribution in [-0.4, -0.2) is 4.92 Å². The molecule has 0 spiro atoms. The molecule has 0 aliphatic rings. The van der Waals surface area contributed by atoms with E-state index < -0.39 is 0 Å². The van der Waals surface area contributed by atoms with Crippen molar-refractivity contribution in [2.24, 2.45) is 0 Å². The average molecular weight is 284 g/mol. The lowest BCUT2D eigenvalue weighted by atomic mass is 10.0. The third kappa shape index (κ3) is 3.40. The zero-order chi connectivity index (χ0) is 15.4. The highest BCUT2D eigenvalue weighted by Crippen LogP contribution is 2.32. The van der Waals surface area contributed by atoms with Gasteiger partial charge in [0.2, 0.25) is 0 Å². The van der Waals surface area contributed by atoms with Crippen LogP contribution < -0.4 is 5.32 Å². The maximum atomic E-state index is 11.3. The van der Waals surface area contributed by atoms with Gasteiger partial charge < -0.3 is 5.32 Å². The molecule has 1 N–H and O–H groups in total. The van der Waals surface area contributed by atoms with Crippen LogP contribution in [0, 0.1) is 24.0 Å². The smallest absolute Gasteiger partial charge is 0.292 e. The lowest BCUT2D eigenvalue weighted by Gasteiger charge is -2.19. The summed E-state index contributed by atoms with van der Waals surface area (Å²) in [7, 11) is 0. The average Bonchev–Trinajstić information content (AvgIpc) is 2.48. The van der Waals surface area contributed by atoms with E-state index in [1.807, 2.05) is 50.2 Å². The van der Waals surface area contributed by atoms with E-state index in [9.17, 15) is 10.1 Å². The van der Waals surface area contributed by atoms with E-state index in [2.05, 4.69) is 12.2 Å². The van der Waals surface area contributed by atoms with Gasteiger partial charge >= 0.3 is 0 Å². The van der Waals surface area contributed by atoms with Crippen LogP contribution in [0.2, 0.25) is 0 Å². The van der Waals surface area contributed by atoms with Crippen LogP contribution >= 0.6 is 0 Å². The van der Waals surface area contributed by atoms with Gasteiger partial charge in [-0.2, -0.15) is 0 Å². The molecule has 0 aliphatic heterocycles. The molecular formula is C17H20N2O2. The Morgan fingerprint density at radius 2 is 1.76 bits per heavy atom. The van der Waals surface area contributed by atoms with Crippen molar-refractivity contribution in [1.29, 1.82) is 0 Å². The van der Waals surface area contributed by atoms with Crippen molar-refractivity contribution in [3.63, 3.8) is 0 Å². The molecule has 0 amide bonds. The normalized spacial score (nSPS) is 12.0. The zero-order valence-corrected chi connectivity index (χ0v) is 12.6. The van der Waals surface area contributed by atoms with Crippen LogP contribution in [0.1, 0.15) is 36.1 Å². The van der Waals surface area contributed by atoms with Crippen molar-refractivity contribution >= 4 is 11.4 Å². The highest BCUT2D eigenvalue weighted by molar-refractivity contribution is 5.65. The number of nitro benzene ring substituents is 1. The molecule has 0 bridgehead atoms. The van der Waals surface area contributed by atoms with E-state index >= 15 is 0 Å². The number of hydrogen-bond acceptors (Lipinski definition) is 3. The summed E-state index contributed by atoms with van der Waals surface area (Å²) in [5.41, 5.74) is 3.82. The minimum atomic E-state index is -0.327. The second-order valence-electron chi connectivity index (χ2n) is 5.23. The number of benzene rings is 2. The first-order valence-electron chi connectivity index (χ1n) is 7.10. The third-order valence-corrected chi connectivity index (χ3v) is 3.75. The first-order chi connectivity index (χ1) is 10.0. The fourth-order valence-corrected chi connectivity index (χ4v) is 2.36. The number of aryl methyl sites for hydroxylation is 2. The van der Waals surface area contributed by atoms with Gasteiger partial charge in [-0.1, -0.05) is 37.3 Å². The maximum absolute atomic E-state index is 11.3. The van der Waals surface area contributed by atoms with Crippen LogP contribution in [0.4, 0.5) is 11.4 Å². The number of nitrogens with zero attached hydrogens (tertiary/aromatic N) is 1. The molecule has 0 saturated carbocycles. The quantitative estimate of drug-likeness (QED) is 0.635. The highest BCUT2D eigenvalue weighted by atomic mass is 16.6. The summed E-state index contributed by atoms with van der Waals surface area (Å²) in [5.74, 6) is 0. The van der Waals surface area contributed by atoms with Gasteiger partial charge in [-0.3, -0.25) is 10.1 Å². The lowest BCUT2D eigenvalue weighted by molar-refractivity contribution is -0.384. The number of nitrogens with one attached hydrogen (secondary N) is 1. The van der Waals surface area contributed by atoms with E-state index in [0.717, 1.165) is 23.1 Å². The molecule has 2 aromatic rings. The largest absolute Gasteiger partial charge is 0.373 e. The minimum Gasteiger partial charge on any atom is -0.373 e. The molecular weight excluding hydrogens is 264 g/mol. The molecule has 2 rings (SSSR count). The topological polar surface area (TPSA) is 55.2 Å². The molecule has 0 radical (unpaired) electrons. The molecule has 0 heterocycles. The summed E-state index contributed by atoms with van der Waals surface area (Å²) in [4.78, 5) is 10.9. The molecule has 0 fully saturated rings. The molecule has 21 heavy (non-hydrogen) atoms. The van der Waals surface area contributed by atoms with Crippen LogP contribution in [0.15, 0.2) is 42.5 Å². The monoisotopic (exact) mass is 284 g/mol. The fourth-order valence-electron chi connectivity index (χ4n) is 2.36. The first-order valence-corrected chi connectivity index (χ1v) is 7.10. The van der Waals surface area contributed by atoms with E-state index in [4.69, 9.17) is 0 Å². The van der Waals surface area contributed by atoms with Gasteiger partial charge in [-0.15, -0.1) is 0 Å². The Morgan fingerprint density at radius 3 is 2.33 bits per heavy atom. The highest BCUT2D eigenvalue weighted by Gasteiger charge is 2.18. The summed E-state index contributed by atoms with van der Waals surface area (Å²) < 4.78 is 0. The predicted octanol–water partition coefficient (Wildman–Crippen LogP) is 4.77. The third-order valence-electron chi connectivity index (χ3n) is 3.75. The zero-order valence-electron chi connectivity index (χ0n) is 12.6. The van der Waals surface area contributed by atoms with Gasteiger partial charge in [0.25, 0.3) is 5.69 Å². The number of anilines is 1. The molecule has 4 nitrogen and oxygen atoms in total. The standard InChI is InChI=1S/C17H20N2O2/c1-4-15(14-8-6-5-7-9-14)18-16-10-12(2)13(3)11-17(16)19(20)21/h5-11,15,18H,4H2,1-3H3. The van der Waals surface area contributed by atoms with E-state index in [-0.39, 0.29) is 16.7 Å². The van der Waals surface area contributed by atoms with Crippen LogP contribution in [-0.2, 0) is 0 Å². The van der Waals surface area contributed by atoms with Crippen LogP contribution in [0.25, 0.3) is 0 Å². The number of nitro groups is 1. The van der Waals surface area contributed by atoms with Crippen molar-refractivity contribution in [2.75, 3.05) is 5.32 Å². The molecule has 1 unspecified atom stereocenters. The molecule has 1 atom stereocenters. The van der Waals surface area contributed by atoms with Crippen molar-refractivity contribution < 1.29 is 4.92 Å². The van der Waals surface area contributed by atoms with Crippen molar-refractivity contribution in [3.05, 3.63) is 69.3 Å². The Kier molecular flexibility index (Phi) is 4.58. The maximum Gasteiger partial charge on any atom is 0.292 e. The Bertz CT molecular complexity index is 639. The number of rotatable bonds is 5. The summed E-state index contributed by atoms with van der Waals surface area (Å²) in [6.07, 6.45) is 0.855. The predicted molar refractivity (Wildman–Crippen MR) is 85.7 cm³/mol. The molecule has 0 aromatic heterocycles. The molecule has 0 saturated heterocycles. The van der Waals surface area contributed by atoms with E-state index in [0.29, 0.717) is 5.69 Å². The van der Waals surface area contributed by atoms with Crippen LogP contribution in [0.5, 0.6) is 0 Å². The van der Waals surface area contributed by atoms with Crippen molar-refractivity contribution in [1.82, 2.24) is 0 Å². The van der Waals surface area contributed by atoms with Gasteiger partial charge in [0, 0.05) is 6.07 Å². The van der Waals surface area contributed by atoms with E-state index in [1.165, 1.54) is 0 Å². The Morgan fingerprint density at radius 1 is 1.14 bits per heavy atom. The minimum absolute atomic E-state index is 0.0620. The van der Waals surface area contributed by atoms with Crippen molar-refractivity contribution in [3.8, 4) is 0 Å². The van der Waals surface area contributed by atoms with Gasteiger partial charge in [0.1, 0.15) is 5.69 Å². The lowest BCUT2D eigenvalue weighted by Crippen LogP contribution is -2.11. The summed E-state index contributed by atoms with van der Waals surface area (Å²) in [5, 5.41) is 14.6. The fraction of sp³-hybridized carbons (Fsp3) is 0.294. The molecule has 0 aliphatic carbocycles. The first kappa shape index (κ1) is 15.0.